The molecule has 0 bridgehead atoms. The maximum atomic E-state index is 10.7. The van der Waals surface area contributed by atoms with Gasteiger partial charge in [-0.2, -0.15) is 0 Å². The number of rotatable bonds is 0. The Balaban J connectivity index is 0.000000461. The van der Waals surface area contributed by atoms with E-state index in [1.165, 1.54) is 0 Å². The van der Waals surface area contributed by atoms with E-state index < -0.39 is 0 Å². The molecule has 1 heterocycles. The Morgan fingerprint density at radius 1 is 1.55 bits per heavy atom. The van der Waals surface area contributed by atoms with Crippen LogP contribution in [0.5, 0.6) is 0 Å². The van der Waals surface area contributed by atoms with Gasteiger partial charge in [0.25, 0.3) is 0 Å². The van der Waals surface area contributed by atoms with Gasteiger partial charge in [0.2, 0.25) is 0 Å². The van der Waals surface area contributed by atoms with Crippen LogP contribution in [0.4, 0.5) is 0 Å². The topological polar surface area (TPSA) is 26.3 Å². The first-order valence-corrected chi connectivity index (χ1v) is 4.04. The first-order valence-electron chi connectivity index (χ1n) is 4.04. The van der Waals surface area contributed by atoms with Crippen LogP contribution in [-0.2, 0) is 9.53 Å². The number of esters is 1. The zero-order valence-electron chi connectivity index (χ0n) is 7.68. The second-order valence-corrected chi connectivity index (χ2v) is 2.41. The van der Waals surface area contributed by atoms with Crippen molar-refractivity contribution in [3.8, 4) is 0 Å². The Hall–Kier alpha value is -0.790. The molecular formula is C9H16O2. The quantitative estimate of drug-likeness (QED) is 0.397. The summed E-state index contributed by atoms with van der Waals surface area (Å²) in [6.07, 6.45) is 1.94. The van der Waals surface area contributed by atoms with Crippen molar-refractivity contribution in [2.45, 2.75) is 27.7 Å². The van der Waals surface area contributed by atoms with E-state index in [0.29, 0.717) is 6.61 Å². The van der Waals surface area contributed by atoms with Crippen LogP contribution in [0.15, 0.2) is 11.6 Å². The van der Waals surface area contributed by atoms with Crippen LogP contribution < -0.4 is 0 Å². The number of carbonyl (C=O) groups is 1. The van der Waals surface area contributed by atoms with Crippen molar-refractivity contribution in [3.05, 3.63) is 11.6 Å². The summed E-state index contributed by atoms with van der Waals surface area (Å²) < 4.78 is 4.80. The van der Waals surface area contributed by atoms with Gasteiger partial charge < -0.3 is 4.74 Å². The summed E-state index contributed by atoms with van der Waals surface area (Å²) in [6, 6.07) is 0. The molecule has 0 aromatic heterocycles. The number of carbonyl (C=O) groups excluding carboxylic acids is 1. The molecule has 0 saturated heterocycles. The van der Waals surface area contributed by atoms with Crippen molar-refractivity contribution in [1.29, 1.82) is 0 Å². The summed E-state index contributed by atoms with van der Waals surface area (Å²) in [5.74, 6) is -0.153. The fourth-order valence-electron chi connectivity index (χ4n) is 0.859. The predicted octanol–water partition coefficient (Wildman–Crippen LogP) is 2.15. The summed E-state index contributed by atoms with van der Waals surface area (Å²) in [6.45, 7) is 8.27. The van der Waals surface area contributed by atoms with Crippen LogP contribution in [-0.4, -0.2) is 12.6 Å². The maximum Gasteiger partial charge on any atom is 0.312 e. The normalized spacial score (nSPS) is 22.7. The van der Waals surface area contributed by atoms with E-state index in [0.717, 1.165) is 5.57 Å². The molecule has 1 rings (SSSR count). The molecule has 64 valence electrons. The smallest absolute Gasteiger partial charge is 0.312 e. The van der Waals surface area contributed by atoms with E-state index >= 15 is 0 Å². The summed E-state index contributed by atoms with van der Waals surface area (Å²) in [4.78, 5) is 10.7. The molecule has 0 fully saturated rings. The minimum Gasteiger partial charge on any atom is -0.461 e. The molecular weight excluding hydrogens is 140 g/mol. The van der Waals surface area contributed by atoms with Crippen LogP contribution in [0.3, 0.4) is 0 Å². The van der Waals surface area contributed by atoms with Gasteiger partial charge in [0, 0.05) is 0 Å². The van der Waals surface area contributed by atoms with Gasteiger partial charge in [-0.15, -0.1) is 0 Å². The fourth-order valence-corrected chi connectivity index (χ4v) is 0.859. The van der Waals surface area contributed by atoms with Gasteiger partial charge in [-0.1, -0.05) is 19.9 Å². The van der Waals surface area contributed by atoms with E-state index in [9.17, 15) is 4.79 Å². The molecule has 0 spiro atoms. The van der Waals surface area contributed by atoms with Gasteiger partial charge in [-0.25, -0.2) is 0 Å². The third kappa shape index (κ3) is 3.21. The highest BCUT2D eigenvalue weighted by molar-refractivity contribution is 5.75. The number of ether oxygens (including phenoxy) is 1. The molecule has 0 N–H and O–H groups in total. The Morgan fingerprint density at radius 2 is 2.09 bits per heavy atom. The standard InChI is InChI=1S/C7H10O2.C2H6/c1-5-3-6(2)7(8)9-4-5;1-2/h3,6H,4H2,1-2H3;1-2H3. The molecule has 0 aliphatic carbocycles. The molecule has 2 nitrogen and oxygen atoms in total. The van der Waals surface area contributed by atoms with Crippen molar-refractivity contribution in [2.24, 2.45) is 5.92 Å². The average molecular weight is 156 g/mol. The molecule has 0 aromatic carbocycles. The summed E-state index contributed by atoms with van der Waals surface area (Å²) >= 11 is 0. The highest BCUT2D eigenvalue weighted by atomic mass is 16.5. The zero-order chi connectivity index (χ0) is 8.85. The van der Waals surface area contributed by atoms with Crippen molar-refractivity contribution < 1.29 is 9.53 Å². The average Bonchev–Trinajstić information content (AvgIpc) is 2.02. The van der Waals surface area contributed by atoms with E-state index in [2.05, 4.69) is 0 Å². The fraction of sp³-hybridized carbons (Fsp3) is 0.667. The van der Waals surface area contributed by atoms with Gasteiger partial charge in [-0.3, -0.25) is 4.79 Å². The third-order valence-electron chi connectivity index (χ3n) is 1.35. The van der Waals surface area contributed by atoms with Gasteiger partial charge in [0.05, 0.1) is 5.92 Å². The molecule has 0 saturated carbocycles. The summed E-state index contributed by atoms with van der Waals surface area (Å²) in [5, 5.41) is 0. The van der Waals surface area contributed by atoms with Gasteiger partial charge >= 0.3 is 5.97 Å². The number of hydrogen-bond acceptors (Lipinski definition) is 2. The largest absolute Gasteiger partial charge is 0.461 e. The van der Waals surface area contributed by atoms with Gasteiger partial charge in [0.1, 0.15) is 6.61 Å². The summed E-state index contributed by atoms with van der Waals surface area (Å²) in [5.41, 5.74) is 1.14. The first kappa shape index (κ1) is 10.2. The molecule has 1 aliphatic heterocycles. The molecule has 1 aliphatic rings. The number of cyclic esters (lactones) is 1. The van der Waals surface area contributed by atoms with E-state index in [-0.39, 0.29) is 11.9 Å². The van der Waals surface area contributed by atoms with Crippen LogP contribution >= 0.6 is 0 Å². The van der Waals surface area contributed by atoms with Crippen molar-refractivity contribution >= 4 is 5.97 Å². The molecule has 0 radical (unpaired) electrons. The molecule has 1 unspecified atom stereocenters. The lowest BCUT2D eigenvalue weighted by Gasteiger charge is -2.14. The Morgan fingerprint density at radius 3 is 2.45 bits per heavy atom. The van der Waals surface area contributed by atoms with Crippen LogP contribution in [0.2, 0.25) is 0 Å². The monoisotopic (exact) mass is 156 g/mol. The van der Waals surface area contributed by atoms with Gasteiger partial charge in [0.15, 0.2) is 0 Å². The molecule has 0 amide bonds. The zero-order valence-corrected chi connectivity index (χ0v) is 7.68. The van der Waals surface area contributed by atoms with Crippen molar-refractivity contribution in [2.75, 3.05) is 6.61 Å². The minimum absolute atomic E-state index is 0.0428. The Kier molecular flexibility index (Phi) is 4.59. The van der Waals surface area contributed by atoms with Crippen molar-refractivity contribution in [3.63, 3.8) is 0 Å². The van der Waals surface area contributed by atoms with E-state index in [1.807, 2.05) is 33.8 Å². The molecule has 2 heteroatoms. The maximum absolute atomic E-state index is 10.7. The lowest BCUT2D eigenvalue weighted by Crippen LogP contribution is -2.19. The molecule has 11 heavy (non-hydrogen) atoms. The highest BCUT2D eigenvalue weighted by Gasteiger charge is 2.16. The van der Waals surface area contributed by atoms with Crippen LogP contribution in [0.25, 0.3) is 0 Å². The highest BCUT2D eigenvalue weighted by Crippen LogP contribution is 2.11. The Bertz CT molecular complexity index is 159. The Labute approximate surface area is 68.2 Å². The van der Waals surface area contributed by atoms with Crippen molar-refractivity contribution in [1.82, 2.24) is 0 Å². The van der Waals surface area contributed by atoms with E-state index in [1.54, 1.807) is 0 Å². The first-order chi connectivity index (χ1) is 5.20. The molecule has 1 atom stereocenters. The minimum atomic E-state index is -0.111. The lowest BCUT2D eigenvalue weighted by atomic mass is 10.1. The van der Waals surface area contributed by atoms with Crippen LogP contribution in [0, 0.1) is 5.92 Å². The van der Waals surface area contributed by atoms with Gasteiger partial charge in [-0.05, 0) is 19.4 Å². The third-order valence-corrected chi connectivity index (χ3v) is 1.35. The second kappa shape index (κ2) is 4.94. The summed E-state index contributed by atoms with van der Waals surface area (Å²) in [7, 11) is 0. The second-order valence-electron chi connectivity index (χ2n) is 2.41. The van der Waals surface area contributed by atoms with Crippen LogP contribution in [0.1, 0.15) is 27.7 Å². The SMILES string of the molecule is CC.CC1=CC(C)C(=O)OC1. The lowest BCUT2D eigenvalue weighted by molar-refractivity contribution is -0.146. The molecule has 0 aromatic rings. The van der Waals surface area contributed by atoms with E-state index in [4.69, 9.17) is 4.74 Å². The number of hydrogen-bond donors (Lipinski definition) is 0. The predicted molar refractivity (Wildman–Crippen MR) is 45.2 cm³/mol.